The standard InChI is InChI=1S/C28H23F3N6O3S/c1-17-12-23(39-3)13-18(2)25(17)37-24(38)15-41-27(37)34-33-14-19-4-6-20(7-5-19)26-32-16-36(35-26)21-8-10-22(11-9-21)40-28(29,30)31/h4-14,16H,15H2,1-3H3/b33-14?,34-27-. The van der Waals surface area contributed by atoms with Gasteiger partial charge in [0.1, 0.15) is 17.8 Å². The van der Waals surface area contributed by atoms with Crippen molar-refractivity contribution in [3.8, 4) is 28.6 Å². The molecule has 1 aromatic heterocycles. The number of amidine groups is 1. The zero-order chi connectivity index (χ0) is 29.1. The third kappa shape index (κ3) is 6.40. The molecule has 9 nitrogen and oxygen atoms in total. The Morgan fingerprint density at radius 3 is 2.32 bits per heavy atom. The van der Waals surface area contributed by atoms with Gasteiger partial charge in [0.2, 0.25) is 5.91 Å². The van der Waals surface area contributed by atoms with Crippen molar-refractivity contribution in [1.29, 1.82) is 0 Å². The minimum atomic E-state index is -4.75. The number of aromatic nitrogens is 3. The molecule has 1 fully saturated rings. The molecule has 0 atom stereocenters. The normalized spacial score (nSPS) is 14.8. The first-order chi connectivity index (χ1) is 19.6. The molecule has 0 spiro atoms. The summed E-state index contributed by atoms with van der Waals surface area (Å²) >= 11 is 1.32. The van der Waals surface area contributed by atoms with Gasteiger partial charge in [0.25, 0.3) is 0 Å². The van der Waals surface area contributed by atoms with E-state index in [0.717, 1.165) is 33.7 Å². The molecule has 13 heteroatoms. The van der Waals surface area contributed by atoms with E-state index >= 15 is 0 Å². The van der Waals surface area contributed by atoms with Crippen molar-refractivity contribution in [2.45, 2.75) is 20.2 Å². The van der Waals surface area contributed by atoms with E-state index in [1.54, 1.807) is 18.2 Å². The summed E-state index contributed by atoms with van der Waals surface area (Å²) in [5.41, 5.74) is 4.60. The molecule has 210 valence electrons. The largest absolute Gasteiger partial charge is 0.573 e. The van der Waals surface area contributed by atoms with Crippen LogP contribution in [0.1, 0.15) is 16.7 Å². The Morgan fingerprint density at radius 2 is 1.68 bits per heavy atom. The van der Waals surface area contributed by atoms with Crippen molar-refractivity contribution < 1.29 is 27.4 Å². The smallest absolute Gasteiger partial charge is 0.497 e. The Bertz CT molecular complexity index is 1610. The number of ether oxygens (including phenoxy) is 2. The topological polar surface area (TPSA) is 94.2 Å². The fourth-order valence-corrected chi connectivity index (χ4v) is 5.03. The van der Waals surface area contributed by atoms with Gasteiger partial charge in [-0.15, -0.1) is 23.4 Å². The number of benzene rings is 3. The van der Waals surface area contributed by atoms with E-state index in [9.17, 15) is 18.0 Å². The first-order valence-corrected chi connectivity index (χ1v) is 13.2. The number of hydrogen-bond donors (Lipinski definition) is 0. The Labute approximate surface area is 237 Å². The van der Waals surface area contributed by atoms with Crippen molar-refractivity contribution in [3.05, 3.63) is 83.7 Å². The lowest BCUT2D eigenvalue weighted by Crippen LogP contribution is -2.30. The van der Waals surface area contributed by atoms with Crippen LogP contribution in [-0.2, 0) is 4.79 Å². The lowest BCUT2D eigenvalue weighted by Gasteiger charge is -2.21. The van der Waals surface area contributed by atoms with Gasteiger partial charge in [0, 0.05) is 5.56 Å². The number of carbonyl (C=O) groups excluding carboxylic acids is 1. The highest BCUT2D eigenvalue weighted by Gasteiger charge is 2.32. The van der Waals surface area contributed by atoms with E-state index < -0.39 is 6.36 Å². The second-order valence-corrected chi connectivity index (χ2v) is 9.87. The number of aryl methyl sites for hydroxylation is 2. The molecule has 0 aliphatic carbocycles. The maximum atomic E-state index is 12.7. The predicted molar refractivity (Wildman–Crippen MR) is 151 cm³/mol. The van der Waals surface area contributed by atoms with Crippen LogP contribution in [-0.4, -0.2) is 51.3 Å². The van der Waals surface area contributed by atoms with Gasteiger partial charge in [-0.2, -0.15) is 5.10 Å². The molecule has 1 aliphatic rings. The number of anilines is 1. The summed E-state index contributed by atoms with van der Waals surface area (Å²) in [7, 11) is 1.60. The van der Waals surface area contributed by atoms with Gasteiger partial charge < -0.3 is 9.47 Å². The summed E-state index contributed by atoms with van der Waals surface area (Å²) in [5, 5.41) is 13.4. The van der Waals surface area contributed by atoms with Gasteiger partial charge in [0.15, 0.2) is 11.0 Å². The summed E-state index contributed by atoms with van der Waals surface area (Å²) in [6.45, 7) is 3.84. The van der Waals surface area contributed by atoms with Gasteiger partial charge in [-0.05, 0) is 66.9 Å². The van der Waals surface area contributed by atoms with E-state index in [4.69, 9.17) is 4.74 Å². The van der Waals surface area contributed by atoms with Crippen LogP contribution in [0.25, 0.3) is 17.1 Å². The van der Waals surface area contributed by atoms with Crippen LogP contribution in [0.15, 0.2) is 77.2 Å². The average molecular weight is 581 g/mol. The monoisotopic (exact) mass is 580 g/mol. The minimum Gasteiger partial charge on any atom is -0.497 e. The number of methoxy groups -OCH3 is 1. The minimum absolute atomic E-state index is 0.0674. The van der Waals surface area contributed by atoms with Crippen LogP contribution in [0.5, 0.6) is 11.5 Å². The molecule has 0 saturated carbocycles. The highest BCUT2D eigenvalue weighted by Crippen LogP contribution is 2.35. The molecule has 0 radical (unpaired) electrons. The maximum absolute atomic E-state index is 12.7. The molecule has 1 saturated heterocycles. The fraction of sp³-hybridized carbons (Fsp3) is 0.179. The number of halogens is 3. The van der Waals surface area contributed by atoms with Crippen LogP contribution in [0.2, 0.25) is 0 Å². The SMILES string of the molecule is COc1cc(C)c(N2C(=O)CS/C2=N\N=Cc2ccc(-c3ncn(-c4ccc(OC(F)(F)F)cc4)n3)cc2)c(C)c1. The Balaban J connectivity index is 1.28. The highest BCUT2D eigenvalue weighted by molar-refractivity contribution is 8.15. The summed E-state index contributed by atoms with van der Waals surface area (Å²) in [5.74, 6) is 1.05. The molecule has 0 N–H and O–H groups in total. The van der Waals surface area contributed by atoms with Crippen molar-refractivity contribution in [1.82, 2.24) is 14.8 Å². The number of carbonyl (C=O) groups is 1. The molecule has 1 aliphatic heterocycles. The first-order valence-electron chi connectivity index (χ1n) is 12.2. The number of nitrogens with zero attached hydrogens (tertiary/aromatic N) is 6. The van der Waals surface area contributed by atoms with Gasteiger partial charge in [-0.1, -0.05) is 36.0 Å². The molecule has 41 heavy (non-hydrogen) atoms. The molecule has 0 unspecified atom stereocenters. The molecule has 4 aromatic rings. The summed E-state index contributed by atoms with van der Waals surface area (Å²) in [6, 6.07) is 16.4. The number of alkyl halides is 3. The second kappa shape index (κ2) is 11.5. The quantitative estimate of drug-likeness (QED) is 0.199. The molecular formula is C28H23F3N6O3S. The Kier molecular flexibility index (Phi) is 7.79. The number of hydrogen-bond acceptors (Lipinski definition) is 8. The average Bonchev–Trinajstić information content (AvgIpc) is 3.56. The maximum Gasteiger partial charge on any atom is 0.573 e. The summed E-state index contributed by atoms with van der Waals surface area (Å²) in [4.78, 5) is 18.6. The lowest BCUT2D eigenvalue weighted by atomic mass is 10.1. The molecule has 3 aromatic carbocycles. The van der Waals surface area contributed by atoms with Crippen LogP contribution in [0, 0.1) is 13.8 Å². The molecule has 5 rings (SSSR count). The van der Waals surface area contributed by atoms with Crippen molar-refractivity contribution >= 4 is 34.7 Å². The molecular weight excluding hydrogens is 557 g/mol. The van der Waals surface area contributed by atoms with Crippen LogP contribution < -0.4 is 14.4 Å². The first kappa shape index (κ1) is 27.9. The van der Waals surface area contributed by atoms with Gasteiger partial charge >= 0.3 is 6.36 Å². The predicted octanol–water partition coefficient (Wildman–Crippen LogP) is 5.93. The lowest BCUT2D eigenvalue weighted by molar-refractivity contribution is -0.274. The zero-order valence-electron chi connectivity index (χ0n) is 22.1. The number of rotatable bonds is 7. The molecule has 1 amide bonds. The van der Waals surface area contributed by atoms with Gasteiger partial charge in [-0.25, -0.2) is 9.67 Å². The van der Waals surface area contributed by atoms with E-state index in [1.165, 1.54) is 47.0 Å². The van der Waals surface area contributed by atoms with Crippen molar-refractivity contribution in [2.24, 2.45) is 10.2 Å². The third-order valence-electron chi connectivity index (χ3n) is 6.03. The van der Waals surface area contributed by atoms with Crippen LogP contribution >= 0.6 is 11.8 Å². The number of thioether (sulfide) groups is 1. The van der Waals surface area contributed by atoms with E-state index in [-0.39, 0.29) is 17.4 Å². The van der Waals surface area contributed by atoms with E-state index in [1.807, 2.05) is 50.2 Å². The molecule has 0 bridgehead atoms. The van der Waals surface area contributed by atoms with E-state index in [2.05, 4.69) is 25.0 Å². The summed E-state index contributed by atoms with van der Waals surface area (Å²) in [6.07, 6.45) is -1.70. The van der Waals surface area contributed by atoms with Gasteiger partial charge in [-0.3, -0.25) is 9.69 Å². The zero-order valence-corrected chi connectivity index (χ0v) is 22.9. The number of amides is 1. The van der Waals surface area contributed by atoms with Gasteiger partial charge in [0.05, 0.1) is 30.5 Å². The summed E-state index contributed by atoms with van der Waals surface area (Å²) < 4.78 is 47.8. The van der Waals surface area contributed by atoms with Crippen LogP contribution in [0.4, 0.5) is 18.9 Å². The van der Waals surface area contributed by atoms with Crippen LogP contribution in [0.3, 0.4) is 0 Å². The highest BCUT2D eigenvalue weighted by atomic mass is 32.2. The van der Waals surface area contributed by atoms with E-state index in [0.29, 0.717) is 16.7 Å². The Morgan fingerprint density at radius 1 is 1.00 bits per heavy atom. The van der Waals surface area contributed by atoms with Crippen molar-refractivity contribution in [3.63, 3.8) is 0 Å². The second-order valence-electron chi connectivity index (χ2n) is 8.93. The fourth-order valence-electron chi connectivity index (χ4n) is 4.23. The Hall–Kier alpha value is -4.65. The molecule has 2 heterocycles. The van der Waals surface area contributed by atoms with Crippen molar-refractivity contribution in [2.75, 3.05) is 17.8 Å². The third-order valence-corrected chi connectivity index (χ3v) is 6.95.